The van der Waals surface area contributed by atoms with E-state index in [4.69, 9.17) is 0 Å². The molecule has 2 rings (SSSR count). The van der Waals surface area contributed by atoms with Crippen LogP contribution in [0.15, 0.2) is 35.7 Å². The Labute approximate surface area is 98.1 Å². The van der Waals surface area contributed by atoms with Crippen LogP contribution in [0, 0.1) is 0 Å². The lowest BCUT2D eigenvalue weighted by atomic mass is 10.2. The number of aromatic nitrogens is 2. The van der Waals surface area contributed by atoms with Gasteiger partial charge in [-0.05, 0) is 17.1 Å². The van der Waals surface area contributed by atoms with Crippen molar-refractivity contribution in [3.05, 3.63) is 47.0 Å². The lowest BCUT2D eigenvalue weighted by Gasteiger charge is -2.13. The topological polar surface area (TPSA) is 58.0 Å². The molecule has 1 heterocycles. The Hall–Kier alpha value is -1.30. The van der Waals surface area contributed by atoms with Crippen LogP contribution in [0.1, 0.15) is 17.3 Å². The number of rotatable bonds is 5. The van der Waals surface area contributed by atoms with Crippen molar-refractivity contribution in [3.63, 3.8) is 0 Å². The lowest BCUT2D eigenvalue weighted by molar-refractivity contribution is 0.241. The predicted octanol–water partition coefficient (Wildman–Crippen LogP) is 1.36. The van der Waals surface area contributed by atoms with E-state index in [0.29, 0.717) is 6.54 Å². The van der Waals surface area contributed by atoms with Crippen LogP contribution in [-0.2, 0) is 6.54 Å². The zero-order chi connectivity index (χ0) is 11.2. The molecule has 1 unspecified atom stereocenters. The normalized spacial score (nSPS) is 12.6. The predicted molar refractivity (Wildman–Crippen MR) is 63.0 cm³/mol. The van der Waals surface area contributed by atoms with Crippen LogP contribution in [0.25, 0.3) is 0 Å². The molecule has 0 saturated carbocycles. The van der Waals surface area contributed by atoms with Crippen LogP contribution >= 0.6 is 11.5 Å². The first-order valence-corrected chi connectivity index (χ1v) is 5.89. The second-order valence-electron chi connectivity index (χ2n) is 3.43. The molecule has 84 valence electrons. The van der Waals surface area contributed by atoms with Crippen LogP contribution in [0.4, 0.5) is 0 Å². The van der Waals surface area contributed by atoms with Gasteiger partial charge in [-0.2, -0.15) is 0 Å². The third-order valence-electron chi connectivity index (χ3n) is 2.31. The van der Waals surface area contributed by atoms with Gasteiger partial charge < -0.3 is 10.4 Å². The summed E-state index contributed by atoms with van der Waals surface area (Å²) in [5.74, 6) is 0. The smallest absolute Gasteiger partial charge is 0.0948 e. The Kier molecular flexibility index (Phi) is 3.98. The second kappa shape index (κ2) is 5.69. The summed E-state index contributed by atoms with van der Waals surface area (Å²) in [5.41, 5.74) is 1.98. The van der Waals surface area contributed by atoms with Crippen LogP contribution in [0.3, 0.4) is 0 Å². The summed E-state index contributed by atoms with van der Waals surface area (Å²) in [6.45, 7) is 0.738. The fraction of sp³-hybridized carbons (Fsp3) is 0.273. The molecule has 1 aromatic carbocycles. The van der Waals surface area contributed by atoms with Gasteiger partial charge in [-0.1, -0.05) is 34.8 Å². The minimum Gasteiger partial charge on any atom is -0.394 e. The number of hydrogen-bond donors (Lipinski definition) is 2. The molecular weight excluding hydrogens is 222 g/mol. The maximum Gasteiger partial charge on any atom is 0.0948 e. The van der Waals surface area contributed by atoms with Gasteiger partial charge in [0.15, 0.2) is 0 Å². The molecule has 0 aliphatic carbocycles. The van der Waals surface area contributed by atoms with E-state index < -0.39 is 0 Å². The van der Waals surface area contributed by atoms with Gasteiger partial charge in [0.25, 0.3) is 0 Å². The van der Waals surface area contributed by atoms with Crippen LogP contribution in [0.2, 0.25) is 0 Å². The zero-order valence-corrected chi connectivity index (χ0v) is 9.52. The second-order valence-corrected chi connectivity index (χ2v) is 4.04. The van der Waals surface area contributed by atoms with Gasteiger partial charge in [0, 0.05) is 11.9 Å². The molecule has 16 heavy (non-hydrogen) atoms. The van der Waals surface area contributed by atoms with E-state index in [-0.39, 0.29) is 12.6 Å². The van der Waals surface area contributed by atoms with E-state index in [1.165, 1.54) is 17.1 Å². The van der Waals surface area contributed by atoms with Gasteiger partial charge >= 0.3 is 0 Å². The summed E-state index contributed by atoms with van der Waals surface area (Å²) in [4.78, 5) is 0. The van der Waals surface area contributed by atoms with Crippen molar-refractivity contribution >= 4 is 11.5 Å². The van der Waals surface area contributed by atoms with Gasteiger partial charge in [-0.15, -0.1) is 5.10 Å². The molecular formula is C11H13N3OS. The summed E-state index contributed by atoms with van der Waals surface area (Å²) < 4.78 is 3.79. The third kappa shape index (κ3) is 2.85. The Balaban J connectivity index is 1.94. The van der Waals surface area contributed by atoms with Crippen molar-refractivity contribution in [3.8, 4) is 0 Å². The minimum atomic E-state index is -0.140. The van der Waals surface area contributed by atoms with Crippen molar-refractivity contribution < 1.29 is 5.11 Å². The molecule has 2 aromatic rings. The highest BCUT2D eigenvalue weighted by Gasteiger charge is 2.12. The monoisotopic (exact) mass is 235 g/mol. The summed E-state index contributed by atoms with van der Waals surface area (Å²) in [5, 5.41) is 18.3. The number of hydrogen-bond acceptors (Lipinski definition) is 5. The highest BCUT2D eigenvalue weighted by atomic mass is 32.1. The van der Waals surface area contributed by atoms with Gasteiger partial charge in [-0.25, -0.2) is 0 Å². The first kappa shape index (κ1) is 11.2. The number of aliphatic hydroxyl groups excluding tert-OH is 1. The van der Waals surface area contributed by atoms with Crippen molar-refractivity contribution in [2.75, 3.05) is 6.61 Å². The van der Waals surface area contributed by atoms with Gasteiger partial charge in [0.05, 0.1) is 18.3 Å². The Morgan fingerprint density at radius 3 is 2.75 bits per heavy atom. The summed E-state index contributed by atoms with van der Waals surface area (Å²) in [6, 6.07) is 9.92. The average molecular weight is 235 g/mol. The van der Waals surface area contributed by atoms with Crippen LogP contribution < -0.4 is 5.32 Å². The molecule has 0 aliphatic rings. The highest BCUT2D eigenvalue weighted by Crippen LogP contribution is 2.11. The van der Waals surface area contributed by atoms with E-state index in [1.54, 1.807) is 0 Å². The fourth-order valence-corrected chi connectivity index (χ4v) is 1.93. The first-order chi connectivity index (χ1) is 7.90. The molecule has 0 saturated heterocycles. The van der Waals surface area contributed by atoms with Crippen LogP contribution in [0.5, 0.6) is 0 Å². The Morgan fingerprint density at radius 2 is 2.12 bits per heavy atom. The SMILES string of the molecule is OCC(NCc1ccccc1)c1csnn1. The lowest BCUT2D eigenvalue weighted by Crippen LogP contribution is -2.24. The number of nitrogens with one attached hydrogen (secondary N) is 1. The minimum absolute atomic E-state index is 0.0260. The van der Waals surface area contributed by atoms with E-state index in [9.17, 15) is 5.11 Å². The van der Waals surface area contributed by atoms with Crippen LogP contribution in [-0.4, -0.2) is 21.3 Å². The number of aliphatic hydroxyl groups is 1. The fourth-order valence-electron chi connectivity index (χ4n) is 1.42. The first-order valence-electron chi connectivity index (χ1n) is 5.05. The molecule has 0 aliphatic heterocycles. The summed E-state index contributed by atoms with van der Waals surface area (Å²) >= 11 is 1.29. The molecule has 1 aromatic heterocycles. The maximum atomic E-state index is 9.25. The molecule has 1 atom stereocenters. The van der Waals surface area contributed by atoms with Gasteiger partial charge in [0.1, 0.15) is 0 Å². The standard InChI is InChI=1S/C11H13N3OS/c15-7-10(11-8-16-14-13-11)12-6-9-4-2-1-3-5-9/h1-5,8,10,12,15H,6-7H2. The van der Waals surface area contributed by atoms with E-state index in [0.717, 1.165) is 5.69 Å². The number of nitrogens with zero attached hydrogens (tertiary/aromatic N) is 2. The van der Waals surface area contributed by atoms with Crippen molar-refractivity contribution in [1.29, 1.82) is 0 Å². The average Bonchev–Trinajstić information content (AvgIpc) is 2.85. The Morgan fingerprint density at radius 1 is 1.31 bits per heavy atom. The van der Waals surface area contributed by atoms with Crippen molar-refractivity contribution in [1.82, 2.24) is 14.9 Å². The molecule has 0 amide bonds. The van der Waals surface area contributed by atoms with E-state index >= 15 is 0 Å². The molecule has 4 nitrogen and oxygen atoms in total. The highest BCUT2D eigenvalue weighted by molar-refractivity contribution is 7.03. The number of benzene rings is 1. The molecule has 0 bridgehead atoms. The Bertz CT molecular complexity index is 404. The van der Waals surface area contributed by atoms with Crippen molar-refractivity contribution in [2.24, 2.45) is 0 Å². The zero-order valence-electron chi connectivity index (χ0n) is 8.71. The van der Waals surface area contributed by atoms with E-state index in [2.05, 4.69) is 14.9 Å². The molecule has 0 fully saturated rings. The largest absolute Gasteiger partial charge is 0.394 e. The van der Waals surface area contributed by atoms with E-state index in [1.807, 2.05) is 35.7 Å². The van der Waals surface area contributed by atoms with Gasteiger partial charge in [-0.3, -0.25) is 0 Å². The molecule has 0 radical (unpaired) electrons. The van der Waals surface area contributed by atoms with Crippen molar-refractivity contribution in [2.45, 2.75) is 12.6 Å². The molecule has 2 N–H and O–H groups in total. The molecule has 0 spiro atoms. The van der Waals surface area contributed by atoms with Gasteiger partial charge in [0.2, 0.25) is 0 Å². The summed E-state index contributed by atoms with van der Waals surface area (Å²) in [6.07, 6.45) is 0. The third-order valence-corrected chi connectivity index (χ3v) is 2.83. The maximum absolute atomic E-state index is 9.25. The molecule has 5 heteroatoms. The summed E-state index contributed by atoms with van der Waals surface area (Å²) in [7, 11) is 0. The quantitative estimate of drug-likeness (QED) is 0.821.